The van der Waals surface area contributed by atoms with Crippen LogP contribution in [0.3, 0.4) is 0 Å². The van der Waals surface area contributed by atoms with Crippen LogP contribution in [0.15, 0.2) is 28.7 Å². The summed E-state index contributed by atoms with van der Waals surface area (Å²) in [5, 5.41) is 5.12. The van der Waals surface area contributed by atoms with Crippen molar-refractivity contribution in [2.45, 2.75) is 26.4 Å². The first-order valence-electron chi connectivity index (χ1n) is 5.06. The van der Waals surface area contributed by atoms with Gasteiger partial charge in [0.15, 0.2) is 0 Å². The van der Waals surface area contributed by atoms with Gasteiger partial charge in [-0.25, -0.2) is 0 Å². The maximum atomic E-state index is 5.88. The Balaban J connectivity index is 2.23. The summed E-state index contributed by atoms with van der Waals surface area (Å²) in [6, 6.07) is 8.19. The minimum Gasteiger partial charge on any atom is -0.460 e. The van der Waals surface area contributed by atoms with Crippen LogP contribution in [-0.2, 0) is 6.54 Å². The molecule has 1 aromatic carbocycles. The van der Waals surface area contributed by atoms with Crippen molar-refractivity contribution in [2.75, 3.05) is 0 Å². The molecule has 2 aromatic rings. The Morgan fingerprint density at radius 2 is 2.13 bits per heavy atom. The predicted molar refractivity (Wildman–Crippen MR) is 63.2 cm³/mol. The lowest BCUT2D eigenvalue weighted by molar-refractivity contribution is 0.488. The summed E-state index contributed by atoms with van der Waals surface area (Å²) < 4.78 is 5.65. The Bertz CT molecular complexity index is 462. The van der Waals surface area contributed by atoms with Crippen LogP contribution >= 0.6 is 11.6 Å². The van der Waals surface area contributed by atoms with Gasteiger partial charge in [-0.05, 0) is 18.2 Å². The van der Waals surface area contributed by atoms with Crippen molar-refractivity contribution in [3.05, 3.63) is 35.0 Å². The zero-order chi connectivity index (χ0) is 10.8. The first-order chi connectivity index (χ1) is 7.15. The fourth-order valence-electron chi connectivity index (χ4n) is 1.45. The van der Waals surface area contributed by atoms with Gasteiger partial charge in [-0.15, -0.1) is 0 Å². The minimum absolute atomic E-state index is 0.460. The average molecular weight is 224 g/mol. The summed E-state index contributed by atoms with van der Waals surface area (Å²) >= 11 is 5.88. The van der Waals surface area contributed by atoms with E-state index in [0.717, 1.165) is 23.3 Å². The van der Waals surface area contributed by atoms with Crippen LogP contribution < -0.4 is 5.32 Å². The normalized spacial score (nSPS) is 11.5. The van der Waals surface area contributed by atoms with Crippen molar-refractivity contribution in [3.63, 3.8) is 0 Å². The minimum atomic E-state index is 0.460. The van der Waals surface area contributed by atoms with E-state index in [0.29, 0.717) is 11.1 Å². The second-order valence-corrected chi connectivity index (χ2v) is 4.37. The van der Waals surface area contributed by atoms with Gasteiger partial charge < -0.3 is 9.73 Å². The molecule has 1 heterocycles. The van der Waals surface area contributed by atoms with Gasteiger partial charge in [-0.1, -0.05) is 25.4 Å². The van der Waals surface area contributed by atoms with E-state index in [4.69, 9.17) is 16.0 Å². The van der Waals surface area contributed by atoms with Crippen LogP contribution in [0.4, 0.5) is 0 Å². The van der Waals surface area contributed by atoms with E-state index in [1.165, 1.54) is 0 Å². The molecule has 0 aliphatic rings. The largest absolute Gasteiger partial charge is 0.460 e. The molecule has 1 aromatic heterocycles. The molecule has 3 heteroatoms. The zero-order valence-corrected chi connectivity index (χ0v) is 9.64. The lowest BCUT2D eigenvalue weighted by atomic mass is 10.2. The molecule has 0 saturated heterocycles. The molecule has 0 atom stereocenters. The molecular formula is C12H14ClNO. The van der Waals surface area contributed by atoms with Crippen LogP contribution in [0.1, 0.15) is 19.6 Å². The fraction of sp³-hybridized carbons (Fsp3) is 0.333. The van der Waals surface area contributed by atoms with E-state index in [1.807, 2.05) is 24.3 Å². The fourth-order valence-corrected chi connectivity index (χ4v) is 1.61. The Morgan fingerprint density at radius 1 is 1.33 bits per heavy atom. The summed E-state index contributed by atoms with van der Waals surface area (Å²) in [4.78, 5) is 0. The third-order valence-corrected chi connectivity index (χ3v) is 2.45. The smallest absolute Gasteiger partial charge is 0.135 e. The molecule has 0 spiro atoms. The molecule has 0 saturated carbocycles. The van der Waals surface area contributed by atoms with Gasteiger partial charge in [0.25, 0.3) is 0 Å². The van der Waals surface area contributed by atoms with E-state index in [9.17, 15) is 0 Å². The van der Waals surface area contributed by atoms with E-state index in [2.05, 4.69) is 19.2 Å². The molecule has 0 unspecified atom stereocenters. The Kier molecular flexibility index (Phi) is 2.98. The second kappa shape index (κ2) is 4.25. The van der Waals surface area contributed by atoms with Crippen molar-refractivity contribution in [1.82, 2.24) is 5.32 Å². The lowest BCUT2D eigenvalue weighted by Gasteiger charge is -2.04. The molecule has 1 N–H and O–H groups in total. The summed E-state index contributed by atoms with van der Waals surface area (Å²) in [6.07, 6.45) is 0. The Morgan fingerprint density at radius 3 is 2.87 bits per heavy atom. The van der Waals surface area contributed by atoms with E-state index in [-0.39, 0.29) is 0 Å². The molecule has 15 heavy (non-hydrogen) atoms. The molecule has 0 amide bonds. The maximum Gasteiger partial charge on any atom is 0.135 e. The Labute approximate surface area is 94.2 Å². The van der Waals surface area contributed by atoms with Crippen LogP contribution in [-0.4, -0.2) is 6.04 Å². The molecule has 0 radical (unpaired) electrons. The highest BCUT2D eigenvalue weighted by Gasteiger charge is 2.04. The van der Waals surface area contributed by atoms with Crippen LogP contribution in [0.5, 0.6) is 0 Å². The molecule has 2 rings (SSSR count). The van der Waals surface area contributed by atoms with Gasteiger partial charge in [-0.3, -0.25) is 0 Å². The summed E-state index contributed by atoms with van der Waals surface area (Å²) in [5.41, 5.74) is 0.850. The van der Waals surface area contributed by atoms with E-state index >= 15 is 0 Å². The number of nitrogens with one attached hydrogen (secondary N) is 1. The molecule has 0 aliphatic heterocycles. The maximum absolute atomic E-state index is 5.88. The number of rotatable bonds is 3. The topological polar surface area (TPSA) is 25.2 Å². The van der Waals surface area contributed by atoms with E-state index in [1.54, 1.807) is 0 Å². The molecule has 2 nitrogen and oxygen atoms in total. The predicted octanol–water partition coefficient (Wildman–Crippen LogP) is 3.58. The highest BCUT2D eigenvalue weighted by molar-refractivity contribution is 6.31. The highest BCUT2D eigenvalue weighted by Crippen LogP contribution is 2.22. The third kappa shape index (κ3) is 2.52. The Hall–Kier alpha value is -0.990. The summed E-state index contributed by atoms with van der Waals surface area (Å²) in [6.45, 7) is 4.98. The second-order valence-electron chi connectivity index (χ2n) is 3.93. The van der Waals surface area contributed by atoms with E-state index < -0.39 is 0 Å². The summed E-state index contributed by atoms with van der Waals surface area (Å²) in [7, 11) is 0. The number of furan rings is 1. The summed E-state index contributed by atoms with van der Waals surface area (Å²) in [5.74, 6) is 0.945. The quantitative estimate of drug-likeness (QED) is 0.861. The van der Waals surface area contributed by atoms with Gasteiger partial charge in [0.2, 0.25) is 0 Å². The van der Waals surface area contributed by atoms with Crippen LogP contribution in [0.2, 0.25) is 5.02 Å². The third-order valence-electron chi connectivity index (χ3n) is 2.22. The van der Waals surface area contributed by atoms with Crippen molar-refractivity contribution >= 4 is 22.6 Å². The average Bonchev–Trinajstić information content (AvgIpc) is 2.56. The number of benzene rings is 1. The van der Waals surface area contributed by atoms with Crippen molar-refractivity contribution in [3.8, 4) is 0 Å². The van der Waals surface area contributed by atoms with Crippen molar-refractivity contribution in [2.24, 2.45) is 0 Å². The number of halogens is 1. The van der Waals surface area contributed by atoms with Gasteiger partial charge in [0.05, 0.1) is 6.54 Å². The first kappa shape index (κ1) is 10.5. The zero-order valence-electron chi connectivity index (χ0n) is 8.88. The van der Waals surface area contributed by atoms with Crippen LogP contribution in [0, 0.1) is 0 Å². The van der Waals surface area contributed by atoms with Gasteiger partial charge in [0.1, 0.15) is 11.3 Å². The molecular weight excluding hydrogens is 210 g/mol. The van der Waals surface area contributed by atoms with Crippen molar-refractivity contribution < 1.29 is 4.42 Å². The number of hydrogen-bond donors (Lipinski definition) is 1. The monoisotopic (exact) mass is 223 g/mol. The van der Waals surface area contributed by atoms with Crippen LogP contribution in [0.25, 0.3) is 11.0 Å². The molecule has 0 aliphatic carbocycles. The van der Waals surface area contributed by atoms with Crippen molar-refractivity contribution in [1.29, 1.82) is 0 Å². The molecule has 0 bridgehead atoms. The standard InChI is InChI=1S/C12H14ClNO/c1-8(2)14-7-11-5-9-3-4-10(13)6-12(9)15-11/h3-6,8,14H,7H2,1-2H3. The lowest BCUT2D eigenvalue weighted by Crippen LogP contribution is -2.21. The molecule has 80 valence electrons. The SMILES string of the molecule is CC(C)NCc1cc2ccc(Cl)cc2o1. The number of fused-ring (bicyclic) bond motifs is 1. The van der Waals surface area contributed by atoms with Gasteiger partial charge >= 0.3 is 0 Å². The first-order valence-corrected chi connectivity index (χ1v) is 5.44. The van der Waals surface area contributed by atoms with Gasteiger partial charge in [0, 0.05) is 22.5 Å². The number of hydrogen-bond acceptors (Lipinski definition) is 2. The highest BCUT2D eigenvalue weighted by atomic mass is 35.5. The molecule has 0 fully saturated rings. The van der Waals surface area contributed by atoms with Gasteiger partial charge in [-0.2, -0.15) is 0 Å².